The molecule has 10 nitrogen and oxygen atoms in total. The van der Waals surface area contributed by atoms with Gasteiger partial charge in [-0.1, -0.05) is 21.3 Å². The van der Waals surface area contributed by atoms with Crippen LogP contribution in [-0.2, 0) is 33.2 Å². The molecule has 10 heteroatoms. The molecule has 4 atom stereocenters. The second-order valence-electron chi connectivity index (χ2n) is 8.18. The highest BCUT2D eigenvalue weighted by atomic mass is 16.6. The van der Waals surface area contributed by atoms with Crippen LogP contribution < -0.4 is 11.1 Å². The van der Waals surface area contributed by atoms with Gasteiger partial charge >= 0.3 is 0 Å². The molecule has 0 saturated carbocycles. The molecule has 0 aromatic heterocycles. The first-order chi connectivity index (χ1) is 16.4. The van der Waals surface area contributed by atoms with Crippen LogP contribution in [0.2, 0.25) is 0 Å². The standard InChI is InChI=1S/C12H27NO4.C6H15NO2.C6H12O2.CH4/c1-4-5-16-10-12(14)8-13-11(2)9-17-7-6-15-3;1-6(7)5-9-4-3-8-2;1-2-3-7-4-6-5-8-6;/h11-14H,4-10H2,1-3H3;6H,3-5,7H2,1-2H3;6H,2-5H2,1H3;1H4. The van der Waals surface area contributed by atoms with E-state index in [1.807, 2.05) is 20.8 Å². The van der Waals surface area contributed by atoms with Crippen molar-refractivity contribution in [2.75, 3.05) is 93.4 Å². The second kappa shape index (κ2) is 31.6. The Balaban J connectivity index is -0.000000478. The van der Waals surface area contributed by atoms with Gasteiger partial charge in [-0.3, -0.25) is 0 Å². The fraction of sp³-hybridized carbons (Fsp3) is 1.00. The molecule has 0 bridgehead atoms. The number of nitrogens with two attached hydrogens (primary N) is 1. The van der Waals surface area contributed by atoms with E-state index in [0.717, 1.165) is 32.7 Å². The zero-order chi connectivity index (χ0) is 25.9. The summed E-state index contributed by atoms with van der Waals surface area (Å²) in [5.74, 6) is 0. The number of nitrogens with one attached hydrogen (secondary N) is 1. The van der Waals surface area contributed by atoms with Crippen LogP contribution in [-0.4, -0.2) is 123 Å². The highest BCUT2D eigenvalue weighted by molar-refractivity contribution is 4.67. The van der Waals surface area contributed by atoms with Crippen molar-refractivity contribution in [2.24, 2.45) is 5.73 Å². The third-order valence-electron chi connectivity index (χ3n) is 4.03. The maximum atomic E-state index is 9.59. The van der Waals surface area contributed by atoms with E-state index in [0.29, 0.717) is 65.5 Å². The number of hydrogen-bond donors (Lipinski definition) is 3. The molecule has 1 aliphatic heterocycles. The molecule has 1 rings (SSSR count). The minimum atomic E-state index is -0.456. The lowest BCUT2D eigenvalue weighted by Crippen LogP contribution is -2.38. The molecule has 35 heavy (non-hydrogen) atoms. The molecule has 1 saturated heterocycles. The Morgan fingerprint density at radius 3 is 1.86 bits per heavy atom. The number of hydrogen-bond acceptors (Lipinski definition) is 10. The number of methoxy groups -OCH3 is 2. The van der Waals surface area contributed by atoms with Crippen LogP contribution in [0.3, 0.4) is 0 Å². The van der Waals surface area contributed by atoms with E-state index in [1.165, 1.54) is 0 Å². The van der Waals surface area contributed by atoms with Crippen molar-refractivity contribution in [2.45, 2.75) is 72.3 Å². The van der Waals surface area contributed by atoms with Gasteiger partial charge in [0.05, 0.1) is 65.6 Å². The summed E-state index contributed by atoms with van der Waals surface area (Å²) >= 11 is 0. The number of aliphatic hydroxyl groups is 1. The van der Waals surface area contributed by atoms with Crippen LogP contribution in [0.1, 0.15) is 48.0 Å². The van der Waals surface area contributed by atoms with Gasteiger partial charge in [0.2, 0.25) is 0 Å². The fourth-order valence-corrected chi connectivity index (χ4v) is 2.16. The minimum absolute atomic E-state index is 0. The predicted octanol–water partition coefficient (Wildman–Crippen LogP) is 1.86. The van der Waals surface area contributed by atoms with Crippen LogP contribution >= 0.6 is 0 Å². The molecule has 0 aromatic carbocycles. The Labute approximate surface area is 215 Å². The van der Waals surface area contributed by atoms with Crippen LogP contribution in [0.25, 0.3) is 0 Å². The molecule has 216 valence electrons. The molecule has 4 N–H and O–H groups in total. The summed E-state index contributed by atoms with van der Waals surface area (Å²) in [5.41, 5.74) is 5.41. The molecule has 4 unspecified atom stereocenters. The lowest BCUT2D eigenvalue weighted by atomic mass is 10.3. The van der Waals surface area contributed by atoms with Gasteiger partial charge in [0.1, 0.15) is 6.10 Å². The van der Waals surface area contributed by atoms with Crippen molar-refractivity contribution in [1.29, 1.82) is 0 Å². The highest BCUT2D eigenvalue weighted by Crippen LogP contribution is 2.08. The largest absolute Gasteiger partial charge is 0.389 e. The molecule has 1 heterocycles. The first-order valence-electron chi connectivity index (χ1n) is 12.5. The van der Waals surface area contributed by atoms with Crippen molar-refractivity contribution < 1.29 is 38.3 Å². The van der Waals surface area contributed by atoms with Crippen LogP contribution in [0.4, 0.5) is 0 Å². The summed E-state index contributed by atoms with van der Waals surface area (Å²) < 4.78 is 35.4. The Bertz CT molecular complexity index is 377. The summed E-state index contributed by atoms with van der Waals surface area (Å²) in [6.07, 6.45) is 2.06. The zero-order valence-electron chi connectivity index (χ0n) is 22.6. The van der Waals surface area contributed by atoms with Crippen molar-refractivity contribution in [3.63, 3.8) is 0 Å². The van der Waals surface area contributed by atoms with Gasteiger partial charge in [-0.25, -0.2) is 0 Å². The third-order valence-corrected chi connectivity index (χ3v) is 4.03. The summed E-state index contributed by atoms with van der Waals surface area (Å²) in [6, 6.07) is 0.342. The van der Waals surface area contributed by atoms with Crippen LogP contribution in [0.5, 0.6) is 0 Å². The van der Waals surface area contributed by atoms with Crippen molar-refractivity contribution >= 4 is 0 Å². The molecule has 1 aliphatic rings. The van der Waals surface area contributed by atoms with E-state index in [-0.39, 0.29) is 19.5 Å². The van der Waals surface area contributed by atoms with Crippen molar-refractivity contribution in [1.82, 2.24) is 5.32 Å². The summed E-state index contributed by atoms with van der Waals surface area (Å²) in [6.45, 7) is 16.0. The average Bonchev–Trinajstić information content (AvgIpc) is 3.64. The zero-order valence-corrected chi connectivity index (χ0v) is 22.6. The smallest absolute Gasteiger partial charge is 0.104 e. The number of epoxide rings is 1. The van der Waals surface area contributed by atoms with E-state index in [2.05, 4.69) is 12.2 Å². The van der Waals surface area contributed by atoms with Gasteiger partial charge in [0, 0.05) is 46.1 Å². The minimum Gasteiger partial charge on any atom is -0.389 e. The lowest BCUT2D eigenvalue weighted by Gasteiger charge is -2.17. The van der Waals surface area contributed by atoms with Crippen LogP contribution in [0.15, 0.2) is 0 Å². The van der Waals surface area contributed by atoms with Gasteiger partial charge in [0.15, 0.2) is 0 Å². The van der Waals surface area contributed by atoms with Gasteiger partial charge in [-0.15, -0.1) is 0 Å². The Hall–Kier alpha value is -0.400. The molecular formula is C25H58N2O8. The molecule has 0 amide bonds. The normalized spacial score (nSPS) is 16.6. The molecule has 1 fully saturated rings. The number of rotatable bonds is 21. The molecule has 0 radical (unpaired) electrons. The molecule has 0 aromatic rings. The van der Waals surface area contributed by atoms with E-state index in [4.69, 9.17) is 38.9 Å². The van der Waals surface area contributed by atoms with Crippen LogP contribution in [0, 0.1) is 0 Å². The topological polar surface area (TPSA) is 126 Å². The first kappa shape index (κ1) is 39.1. The van der Waals surface area contributed by atoms with Crippen molar-refractivity contribution in [3.8, 4) is 0 Å². The van der Waals surface area contributed by atoms with Gasteiger partial charge in [-0.05, 0) is 26.7 Å². The van der Waals surface area contributed by atoms with E-state index >= 15 is 0 Å². The maximum Gasteiger partial charge on any atom is 0.104 e. The summed E-state index contributed by atoms with van der Waals surface area (Å²) in [4.78, 5) is 0. The van der Waals surface area contributed by atoms with Gasteiger partial charge in [-0.2, -0.15) is 0 Å². The second-order valence-corrected chi connectivity index (χ2v) is 8.18. The number of aliphatic hydroxyl groups excluding tert-OH is 1. The van der Waals surface area contributed by atoms with Gasteiger partial charge < -0.3 is 49.3 Å². The molecule has 0 aliphatic carbocycles. The Kier molecular flexibility index (Phi) is 35.4. The average molecular weight is 515 g/mol. The summed E-state index contributed by atoms with van der Waals surface area (Å²) in [5, 5.41) is 12.8. The van der Waals surface area contributed by atoms with E-state index in [9.17, 15) is 5.11 Å². The number of ether oxygens (including phenoxy) is 7. The van der Waals surface area contributed by atoms with Crippen molar-refractivity contribution in [3.05, 3.63) is 0 Å². The fourth-order valence-electron chi connectivity index (χ4n) is 2.16. The summed E-state index contributed by atoms with van der Waals surface area (Å²) in [7, 11) is 3.30. The van der Waals surface area contributed by atoms with E-state index in [1.54, 1.807) is 14.2 Å². The monoisotopic (exact) mass is 514 g/mol. The maximum absolute atomic E-state index is 9.59. The van der Waals surface area contributed by atoms with Gasteiger partial charge in [0.25, 0.3) is 0 Å². The Morgan fingerprint density at radius 2 is 1.37 bits per heavy atom. The third kappa shape index (κ3) is 38.3. The molecule has 0 spiro atoms. The van der Waals surface area contributed by atoms with E-state index < -0.39 is 6.10 Å². The quantitative estimate of drug-likeness (QED) is 0.154. The SMILES string of the molecule is C.CCCOCC(O)CNC(C)COCCOC.CCCOCC1CO1.COCCOCC(C)N. The lowest BCUT2D eigenvalue weighted by molar-refractivity contribution is 0.0304. The first-order valence-corrected chi connectivity index (χ1v) is 12.5. The predicted molar refractivity (Wildman–Crippen MR) is 141 cm³/mol. The molecular weight excluding hydrogens is 456 g/mol. The highest BCUT2D eigenvalue weighted by Gasteiger charge is 2.21. The Morgan fingerprint density at radius 1 is 0.857 bits per heavy atom.